The Bertz CT molecular complexity index is 807. The molecule has 2 aliphatic heterocycles. The maximum absolute atomic E-state index is 12.3. The molecule has 0 bridgehead atoms. The second-order valence-electron chi connectivity index (χ2n) is 7.13. The van der Waals surface area contributed by atoms with Crippen molar-refractivity contribution in [1.82, 2.24) is 9.88 Å². The zero-order valence-corrected chi connectivity index (χ0v) is 16.5. The molecule has 4 rings (SSSR count). The second-order valence-corrected chi connectivity index (χ2v) is 7.13. The molecule has 0 saturated carbocycles. The summed E-state index contributed by atoms with van der Waals surface area (Å²) in [6.45, 7) is 7.17. The number of likely N-dealkylation sites (tertiary alicyclic amines) is 1. The van der Waals surface area contributed by atoms with Gasteiger partial charge in [0, 0.05) is 37.6 Å². The maximum atomic E-state index is 12.3. The van der Waals surface area contributed by atoms with Crippen LogP contribution in [-0.2, 0) is 6.42 Å². The molecule has 0 atom stereocenters. The van der Waals surface area contributed by atoms with Gasteiger partial charge in [0.1, 0.15) is 11.9 Å². The van der Waals surface area contributed by atoms with E-state index in [1.54, 1.807) is 0 Å². The predicted octanol–water partition coefficient (Wildman–Crippen LogP) is 3.41. The number of nitrogens with zero attached hydrogens (tertiary/aromatic N) is 2. The lowest BCUT2D eigenvalue weighted by Gasteiger charge is -2.30. The van der Waals surface area contributed by atoms with Crippen LogP contribution in [0.25, 0.3) is 10.9 Å². The Balaban J connectivity index is 0.000000948. The first-order chi connectivity index (χ1) is 12.6. The molecule has 0 spiro atoms. The van der Waals surface area contributed by atoms with Crippen molar-refractivity contribution >= 4 is 16.6 Å². The van der Waals surface area contributed by atoms with Gasteiger partial charge in [-0.05, 0) is 50.9 Å². The molecule has 2 aromatic rings. The molecule has 0 aliphatic carbocycles. The lowest BCUT2D eigenvalue weighted by Crippen LogP contribution is -2.35. The summed E-state index contributed by atoms with van der Waals surface area (Å²) in [5.41, 5.74) is 2.93. The third-order valence-corrected chi connectivity index (χ3v) is 5.32. The number of aromatic amines is 1. The Kier molecular flexibility index (Phi) is 5.87. The lowest BCUT2D eigenvalue weighted by atomic mass is 10.00. The van der Waals surface area contributed by atoms with Gasteiger partial charge in [0.05, 0.1) is 11.2 Å². The van der Waals surface area contributed by atoms with E-state index >= 15 is 0 Å². The Morgan fingerprint density at radius 1 is 1.12 bits per heavy atom. The number of fused-ring (bicyclic) bond motifs is 3. The highest BCUT2D eigenvalue weighted by Gasteiger charge is 2.22. The summed E-state index contributed by atoms with van der Waals surface area (Å²) in [6.07, 6.45) is 4.31. The molecule has 1 fully saturated rings. The normalized spacial score (nSPS) is 18.2. The highest BCUT2D eigenvalue weighted by Crippen LogP contribution is 2.33. The van der Waals surface area contributed by atoms with Crippen LogP contribution in [0.1, 0.15) is 38.7 Å². The van der Waals surface area contributed by atoms with E-state index in [2.05, 4.69) is 34.9 Å². The van der Waals surface area contributed by atoms with E-state index in [0.29, 0.717) is 0 Å². The van der Waals surface area contributed by atoms with Crippen LogP contribution in [0, 0.1) is 0 Å². The third-order valence-electron chi connectivity index (χ3n) is 5.32. The Morgan fingerprint density at radius 3 is 2.58 bits per heavy atom. The quantitative estimate of drug-likeness (QED) is 0.895. The first-order valence-electron chi connectivity index (χ1n) is 9.87. The fourth-order valence-electron chi connectivity index (χ4n) is 3.94. The van der Waals surface area contributed by atoms with Crippen molar-refractivity contribution in [3.8, 4) is 5.75 Å². The highest BCUT2D eigenvalue weighted by atomic mass is 16.5. The van der Waals surface area contributed by atoms with Gasteiger partial charge in [-0.3, -0.25) is 4.79 Å². The van der Waals surface area contributed by atoms with Gasteiger partial charge in [-0.1, -0.05) is 13.8 Å². The summed E-state index contributed by atoms with van der Waals surface area (Å²) in [4.78, 5) is 19.9. The van der Waals surface area contributed by atoms with Crippen LogP contribution >= 0.6 is 0 Å². The van der Waals surface area contributed by atoms with E-state index in [0.717, 1.165) is 73.2 Å². The summed E-state index contributed by atoms with van der Waals surface area (Å²) in [5, 5.41) is 1.09. The van der Waals surface area contributed by atoms with Crippen LogP contribution in [0.4, 0.5) is 5.69 Å². The minimum Gasteiger partial charge on any atom is -0.490 e. The van der Waals surface area contributed by atoms with E-state index in [1.807, 2.05) is 26.0 Å². The highest BCUT2D eigenvalue weighted by molar-refractivity contribution is 5.94. The standard InChI is InChI=1S/C19H25N3O2.C2H6/c1-21-10-7-13(8-11-21)24-14-5-6-17-16(12-14)18-15(19(23)20-17)4-3-9-22(18)2;1-2/h5-6,12-13H,3-4,7-11H2,1-2H3,(H,20,23);1-2H3. The van der Waals surface area contributed by atoms with Gasteiger partial charge in [0.25, 0.3) is 5.56 Å². The van der Waals surface area contributed by atoms with E-state index in [9.17, 15) is 4.79 Å². The van der Waals surface area contributed by atoms with Crippen molar-refractivity contribution in [2.45, 2.75) is 45.6 Å². The van der Waals surface area contributed by atoms with Crippen LogP contribution in [0.15, 0.2) is 23.0 Å². The van der Waals surface area contributed by atoms with Gasteiger partial charge in [0.2, 0.25) is 0 Å². The number of ether oxygens (including phenoxy) is 1. The lowest BCUT2D eigenvalue weighted by molar-refractivity contribution is 0.114. The van der Waals surface area contributed by atoms with Crippen molar-refractivity contribution in [3.05, 3.63) is 34.1 Å². The SMILES string of the molecule is CC.CN1CCC(Oc2ccc3[nH]c(=O)c4c(c3c2)N(C)CCC4)CC1. The Hall–Kier alpha value is -2.01. The summed E-state index contributed by atoms with van der Waals surface area (Å²) in [5.74, 6) is 0.908. The van der Waals surface area contributed by atoms with Gasteiger partial charge < -0.3 is 19.5 Å². The van der Waals surface area contributed by atoms with Gasteiger partial charge in [-0.2, -0.15) is 0 Å². The number of anilines is 1. The van der Waals surface area contributed by atoms with E-state index in [-0.39, 0.29) is 11.7 Å². The van der Waals surface area contributed by atoms with Crippen molar-refractivity contribution in [2.24, 2.45) is 0 Å². The zero-order chi connectivity index (χ0) is 18.7. The summed E-state index contributed by atoms with van der Waals surface area (Å²) < 4.78 is 6.23. The molecule has 2 aliphatic rings. The summed E-state index contributed by atoms with van der Waals surface area (Å²) >= 11 is 0. The molecule has 5 nitrogen and oxygen atoms in total. The summed E-state index contributed by atoms with van der Waals surface area (Å²) in [6, 6.07) is 6.06. The van der Waals surface area contributed by atoms with E-state index in [1.165, 1.54) is 0 Å². The number of H-pyrrole nitrogens is 1. The molecular weight excluding hydrogens is 326 g/mol. The molecule has 1 N–H and O–H groups in total. The first kappa shape index (κ1) is 18.8. The fourth-order valence-corrected chi connectivity index (χ4v) is 3.94. The number of hydrogen-bond acceptors (Lipinski definition) is 4. The number of pyridine rings is 1. The Morgan fingerprint density at radius 2 is 1.85 bits per heavy atom. The molecule has 26 heavy (non-hydrogen) atoms. The molecule has 0 unspecified atom stereocenters. The van der Waals surface area contributed by atoms with Crippen molar-refractivity contribution in [2.75, 3.05) is 38.6 Å². The molecule has 0 amide bonds. The van der Waals surface area contributed by atoms with Gasteiger partial charge in [0.15, 0.2) is 0 Å². The van der Waals surface area contributed by atoms with Gasteiger partial charge in [-0.25, -0.2) is 0 Å². The number of aromatic nitrogens is 1. The molecule has 1 saturated heterocycles. The largest absolute Gasteiger partial charge is 0.490 e. The fraction of sp³-hybridized carbons (Fsp3) is 0.571. The molecule has 142 valence electrons. The molecule has 0 radical (unpaired) electrons. The number of rotatable bonds is 2. The van der Waals surface area contributed by atoms with Crippen LogP contribution in [0.5, 0.6) is 5.75 Å². The molecular formula is C21H31N3O2. The van der Waals surface area contributed by atoms with E-state index in [4.69, 9.17) is 4.74 Å². The van der Waals surface area contributed by atoms with Crippen molar-refractivity contribution < 1.29 is 4.74 Å². The first-order valence-corrected chi connectivity index (χ1v) is 9.87. The van der Waals surface area contributed by atoms with Crippen LogP contribution in [0.3, 0.4) is 0 Å². The predicted molar refractivity (Wildman–Crippen MR) is 109 cm³/mol. The second kappa shape index (κ2) is 8.12. The zero-order valence-electron chi connectivity index (χ0n) is 16.5. The van der Waals surface area contributed by atoms with Crippen LogP contribution < -0.4 is 15.2 Å². The molecule has 5 heteroatoms. The smallest absolute Gasteiger partial charge is 0.253 e. The van der Waals surface area contributed by atoms with E-state index < -0.39 is 0 Å². The minimum absolute atomic E-state index is 0.0491. The minimum atomic E-state index is 0.0491. The van der Waals surface area contributed by atoms with Gasteiger partial charge in [-0.15, -0.1) is 0 Å². The number of benzene rings is 1. The topological polar surface area (TPSA) is 48.6 Å². The van der Waals surface area contributed by atoms with Crippen molar-refractivity contribution in [1.29, 1.82) is 0 Å². The van der Waals surface area contributed by atoms with Crippen molar-refractivity contribution in [3.63, 3.8) is 0 Å². The summed E-state index contributed by atoms with van der Waals surface area (Å²) in [7, 11) is 4.23. The molecule has 1 aromatic heterocycles. The van der Waals surface area contributed by atoms with Crippen LogP contribution in [-0.4, -0.2) is 49.7 Å². The third kappa shape index (κ3) is 3.73. The number of piperidine rings is 1. The monoisotopic (exact) mass is 357 g/mol. The number of nitrogens with one attached hydrogen (secondary N) is 1. The average molecular weight is 357 g/mol. The molecule has 1 aromatic carbocycles. The average Bonchev–Trinajstić information content (AvgIpc) is 2.66. The van der Waals surface area contributed by atoms with Crippen LogP contribution in [0.2, 0.25) is 0 Å². The molecule has 3 heterocycles. The Labute approximate surface area is 156 Å². The number of hydrogen-bond donors (Lipinski definition) is 1. The maximum Gasteiger partial charge on any atom is 0.253 e. The van der Waals surface area contributed by atoms with Gasteiger partial charge >= 0.3 is 0 Å².